The van der Waals surface area contributed by atoms with Crippen LogP contribution < -0.4 is 0 Å². The summed E-state index contributed by atoms with van der Waals surface area (Å²) >= 11 is 0. The van der Waals surface area contributed by atoms with Crippen LogP contribution in [0.4, 0.5) is 13.2 Å². The maximum atomic E-state index is 13.9. The highest BCUT2D eigenvalue weighted by Crippen LogP contribution is 2.36. The molecule has 0 N–H and O–H groups in total. The number of hydrogen-bond acceptors (Lipinski definition) is 0. The van der Waals surface area contributed by atoms with Crippen molar-refractivity contribution in [3.63, 3.8) is 0 Å². The number of rotatable bonds is 4. The average Bonchev–Trinajstić information content (AvgIpc) is 2.88. The molecule has 0 aliphatic heterocycles. The van der Waals surface area contributed by atoms with Crippen LogP contribution in [0.5, 0.6) is 0 Å². The summed E-state index contributed by atoms with van der Waals surface area (Å²) in [6.45, 7) is 2.18. The summed E-state index contributed by atoms with van der Waals surface area (Å²) in [7, 11) is 0. The topological polar surface area (TPSA) is 0 Å². The van der Waals surface area contributed by atoms with Crippen molar-refractivity contribution in [1.29, 1.82) is 0 Å². The van der Waals surface area contributed by atoms with Gasteiger partial charge in [0.25, 0.3) is 0 Å². The number of halogens is 3. The fourth-order valence-corrected chi connectivity index (χ4v) is 3.47. The molecular formula is C18H19F3. The van der Waals surface area contributed by atoms with Gasteiger partial charge in [-0.25, -0.2) is 13.2 Å². The zero-order valence-electron chi connectivity index (χ0n) is 12.2. The third-order valence-electron chi connectivity index (χ3n) is 4.58. The highest BCUT2D eigenvalue weighted by molar-refractivity contribution is 5.88. The molecule has 1 aliphatic carbocycles. The molecule has 2 aromatic rings. The quantitative estimate of drug-likeness (QED) is 0.512. The Kier molecular flexibility index (Phi) is 3.92. The summed E-state index contributed by atoms with van der Waals surface area (Å²) in [6.07, 6.45) is 6.58. The van der Waals surface area contributed by atoms with E-state index in [0.717, 1.165) is 36.5 Å². The Morgan fingerprint density at radius 3 is 2.57 bits per heavy atom. The summed E-state index contributed by atoms with van der Waals surface area (Å²) in [4.78, 5) is 0. The van der Waals surface area contributed by atoms with Crippen molar-refractivity contribution in [2.24, 2.45) is 5.92 Å². The molecule has 0 saturated carbocycles. The van der Waals surface area contributed by atoms with Gasteiger partial charge in [-0.2, -0.15) is 0 Å². The molecule has 0 aromatic heterocycles. The molecule has 1 aliphatic rings. The fraction of sp³-hybridized carbons (Fsp3) is 0.444. The van der Waals surface area contributed by atoms with E-state index in [1.54, 1.807) is 6.07 Å². The maximum absolute atomic E-state index is 13.9. The Hall–Kier alpha value is -1.51. The molecule has 2 aromatic carbocycles. The van der Waals surface area contributed by atoms with Crippen LogP contribution in [0.2, 0.25) is 0 Å². The minimum atomic E-state index is -1.38. The first kappa shape index (κ1) is 14.4. The van der Waals surface area contributed by atoms with E-state index in [0.29, 0.717) is 11.3 Å². The summed E-state index contributed by atoms with van der Waals surface area (Å²) in [5.74, 6) is -2.99. The van der Waals surface area contributed by atoms with Gasteiger partial charge in [0.05, 0.1) is 0 Å². The molecule has 21 heavy (non-hydrogen) atoms. The van der Waals surface area contributed by atoms with Crippen LogP contribution in [-0.4, -0.2) is 0 Å². The first-order valence-electron chi connectivity index (χ1n) is 7.69. The maximum Gasteiger partial charge on any atom is 0.195 e. The van der Waals surface area contributed by atoms with Gasteiger partial charge in [-0.3, -0.25) is 0 Å². The van der Waals surface area contributed by atoms with Crippen LogP contribution in [0.15, 0.2) is 18.2 Å². The van der Waals surface area contributed by atoms with Crippen LogP contribution in [0.3, 0.4) is 0 Å². The van der Waals surface area contributed by atoms with E-state index in [1.807, 2.05) is 6.07 Å². The molecule has 0 spiro atoms. The largest absolute Gasteiger partial charge is 0.204 e. The molecule has 0 radical (unpaired) electrons. The molecule has 3 heteroatoms. The van der Waals surface area contributed by atoms with Gasteiger partial charge in [0.1, 0.15) is 0 Å². The normalized spacial score (nSPS) is 17.4. The highest BCUT2D eigenvalue weighted by atomic mass is 19.2. The zero-order valence-corrected chi connectivity index (χ0v) is 12.2. The fourth-order valence-electron chi connectivity index (χ4n) is 3.47. The SMILES string of the molecule is CCCCCC1Cc2ccc3c(F)c(F)c(F)cc3c2C1. The minimum Gasteiger partial charge on any atom is -0.204 e. The number of hydrogen-bond donors (Lipinski definition) is 0. The predicted molar refractivity (Wildman–Crippen MR) is 78.9 cm³/mol. The van der Waals surface area contributed by atoms with Gasteiger partial charge >= 0.3 is 0 Å². The molecule has 3 rings (SSSR count). The molecule has 0 saturated heterocycles. The Balaban J connectivity index is 1.95. The number of unbranched alkanes of at least 4 members (excludes halogenated alkanes) is 2. The third-order valence-corrected chi connectivity index (χ3v) is 4.58. The second kappa shape index (κ2) is 5.70. The van der Waals surface area contributed by atoms with Gasteiger partial charge < -0.3 is 0 Å². The molecular weight excluding hydrogens is 273 g/mol. The standard InChI is InChI=1S/C18H19F3/c1-2-3-4-5-11-8-12-6-7-13-15(14(12)9-11)10-16(19)18(21)17(13)20/h6-7,10-11H,2-5,8-9H2,1H3. The Bertz CT molecular complexity index is 676. The molecule has 0 bridgehead atoms. The van der Waals surface area contributed by atoms with Crippen LogP contribution in [0.1, 0.15) is 43.7 Å². The monoisotopic (exact) mass is 292 g/mol. The molecule has 0 fully saturated rings. The number of benzene rings is 2. The van der Waals surface area contributed by atoms with Gasteiger partial charge in [-0.05, 0) is 47.8 Å². The second-order valence-corrected chi connectivity index (χ2v) is 6.05. The summed E-state index contributed by atoms with van der Waals surface area (Å²) in [5.41, 5.74) is 2.17. The smallest absolute Gasteiger partial charge is 0.195 e. The van der Waals surface area contributed by atoms with Crippen LogP contribution in [0.25, 0.3) is 10.8 Å². The van der Waals surface area contributed by atoms with Crippen molar-refractivity contribution in [2.45, 2.75) is 45.4 Å². The van der Waals surface area contributed by atoms with E-state index >= 15 is 0 Å². The van der Waals surface area contributed by atoms with E-state index < -0.39 is 17.5 Å². The van der Waals surface area contributed by atoms with Crippen molar-refractivity contribution in [2.75, 3.05) is 0 Å². The van der Waals surface area contributed by atoms with Crippen LogP contribution in [-0.2, 0) is 12.8 Å². The number of fused-ring (bicyclic) bond motifs is 3. The first-order chi connectivity index (χ1) is 10.1. The van der Waals surface area contributed by atoms with Gasteiger partial charge in [0, 0.05) is 5.39 Å². The Morgan fingerprint density at radius 2 is 1.81 bits per heavy atom. The van der Waals surface area contributed by atoms with E-state index in [2.05, 4.69) is 6.92 Å². The van der Waals surface area contributed by atoms with E-state index in [1.165, 1.54) is 19.3 Å². The molecule has 1 unspecified atom stereocenters. The molecule has 1 atom stereocenters. The van der Waals surface area contributed by atoms with Gasteiger partial charge in [-0.1, -0.05) is 38.3 Å². The minimum absolute atomic E-state index is 0.196. The molecule has 0 amide bonds. The van der Waals surface area contributed by atoms with E-state index in [-0.39, 0.29) is 5.39 Å². The highest BCUT2D eigenvalue weighted by Gasteiger charge is 2.25. The van der Waals surface area contributed by atoms with Crippen molar-refractivity contribution < 1.29 is 13.2 Å². The van der Waals surface area contributed by atoms with E-state index in [9.17, 15) is 13.2 Å². The summed E-state index contributed by atoms with van der Waals surface area (Å²) in [5, 5.41) is 0.740. The van der Waals surface area contributed by atoms with Crippen molar-refractivity contribution in [1.82, 2.24) is 0 Å². The van der Waals surface area contributed by atoms with Crippen molar-refractivity contribution in [3.8, 4) is 0 Å². The lowest BCUT2D eigenvalue weighted by atomic mass is 9.97. The average molecular weight is 292 g/mol. The molecule has 112 valence electrons. The van der Waals surface area contributed by atoms with Crippen molar-refractivity contribution >= 4 is 10.8 Å². The zero-order chi connectivity index (χ0) is 15.0. The van der Waals surface area contributed by atoms with Gasteiger partial charge in [0.15, 0.2) is 17.5 Å². The molecule has 0 heterocycles. The second-order valence-electron chi connectivity index (χ2n) is 6.05. The summed E-state index contributed by atoms with van der Waals surface area (Å²) < 4.78 is 40.7. The molecule has 0 nitrogen and oxygen atoms in total. The van der Waals surface area contributed by atoms with Crippen molar-refractivity contribution in [3.05, 3.63) is 46.8 Å². The summed E-state index contributed by atoms with van der Waals surface area (Å²) in [6, 6.07) is 4.61. The van der Waals surface area contributed by atoms with Crippen LogP contribution >= 0.6 is 0 Å². The third kappa shape index (κ3) is 2.54. The lowest BCUT2D eigenvalue weighted by Gasteiger charge is -2.08. The Labute approximate surface area is 123 Å². The van der Waals surface area contributed by atoms with Crippen LogP contribution in [0, 0.1) is 23.4 Å². The van der Waals surface area contributed by atoms with Gasteiger partial charge in [-0.15, -0.1) is 0 Å². The predicted octanol–water partition coefficient (Wildman–Crippen LogP) is 5.55. The lowest BCUT2D eigenvalue weighted by molar-refractivity contribution is 0.453. The lowest BCUT2D eigenvalue weighted by Crippen LogP contribution is -1.99. The van der Waals surface area contributed by atoms with E-state index in [4.69, 9.17) is 0 Å². The Morgan fingerprint density at radius 1 is 1.00 bits per heavy atom. The first-order valence-corrected chi connectivity index (χ1v) is 7.69. The van der Waals surface area contributed by atoms with Gasteiger partial charge in [0.2, 0.25) is 0 Å².